The Morgan fingerprint density at radius 2 is 1.50 bits per heavy atom. The molecule has 16 heavy (non-hydrogen) atoms. The summed E-state index contributed by atoms with van der Waals surface area (Å²) >= 11 is 0. The average molecular weight is 219 g/mol. The summed E-state index contributed by atoms with van der Waals surface area (Å²) in [4.78, 5) is 0. The first-order chi connectivity index (χ1) is 7.80. The number of hydrogen-bond acceptors (Lipinski definition) is 0. The molecule has 4 fully saturated rings. The van der Waals surface area contributed by atoms with Gasteiger partial charge in [-0.3, -0.25) is 0 Å². The van der Waals surface area contributed by atoms with Gasteiger partial charge in [0.15, 0.2) is 0 Å². The van der Waals surface area contributed by atoms with Gasteiger partial charge in [-0.2, -0.15) is 0 Å². The van der Waals surface area contributed by atoms with Gasteiger partial charge in [-0.15, -0.1) is 0 Å². The average Bonchev–Trinajstić information content (AvgIpc) is 2.22. The van der Waals surface area contributed by atoms with Crippen LogP contribution in [-0.4, -0.2) is 0 Å². The molecule has 0 aromatic carbocycles. The van der Waals surface area contributed by atoms with E-state index in [4.69, 9.17) is 0 Å². The van der Waals surface area contributed by atoms with Crippen molar-refractivity contribution in [2.24, 2.45) is 23.2 Å². The van der Waals surface area contributed by atoms with Gasteiger partial charge in [0, 0.05) is 0 Å². The van der Waals surface area contributed by atoms with Crippen LogP contribution in [0.3, 0.4) is 0 Å². The molecule has 1 radical (unpaired) electrons. The van der Waals surface area contributed by atoms with Gasteiger partial charge in [0.25, 0.3) is 0 Å². The first-order valence-corrected chi connectivity index (χ1v) is 7.64. The SMILES string of the molecule is CCCCC[CH]C12CC3CC(CC(C3)C1)C2. The predicted molar refractivity (Wildman–Crippen MR) is 69.0 cm³/mol. The fourth-order valence-corrected chi connectivity index (χ4v) is 5.23. The van der Waals surface area contributed by atoms with Gasteiger partial charge in [0.2, 0.25) is 0 Å². The second-order valence-electron chi connectivity index (χ2n) is 6.98. The first-order valence-electron chi connectivity index (χ1n) is 7.64. The topological polar surface area (TPSA) is 0 Å². The van der Waals surface area contributed by atoms with E-state index in [0.717, 1.165) is 23.2 Å². The third kappa shape index (κ3) is 2.05. The first kappa shape index (κ1) is 11.1. The molecule has 0 aliphatic heterocycles. The molecule has 4 aliphatic carbocycles. The Bertz CT molecular complexity index is 205. The van der Waals surface area contributed by atoms with Gasteiger partial charge < -0.3 is 0 Å². The van der Waals surface area contributed by atoms with Crippen LogP contribution >= 0.6 is 0 Å². The summed E-state index contributed by atoms with van der Waals surface area (Å²) in [7, 11) is 0. The molecular weight excluding hydrogens is 192 g/mol. The monoisotopic (exact) mass is 219 g/mol. The molecule has 0 spiro atoms. The second-order valence-corrected chi connectivity index (χ2v) is 6.98. The summed E-state index contributed by atoms with van der Waals surface area (Å²) < 4.78 is 0. The van der Waals surface area contributed by atoms with E-state index in [-0.39, 0.29) is 0 Å². The van der Waals surface area contributed by atoms with Crippen molar-refractivity contribution in [3.63, 3.8) is 0 Å². The van der Waals surface area contributed by atoms with Crippen molar-refractivity contribution in [1.29, 1.82) is 0 Å². The van der Waals surface area contributed by atoms with Crippen molar-refractivity contribution >= 4 is 0 Å². The van der Waals surface area contributed by atoms with Crippen molar-refractivity contribution in [2.75, 3.05) is 0 Å². The fourth-order valence-electron chi connectivity index (χ4n) is 5.23. The zero-order valence-corrected chi connectivity index (χ0v) is 10.9. The normalized spacial score (nSPS) is 45.2. The maximum atomic E-state index is 2.77. The predicted octanol–water partition coefficient (Wildman–Crippen LogP) is 4.99. The molecule has 91 valence electrons. The van der Waals surface area contributed by atoms with Crippen LogP contribution in [0.2, 0.25) is 0 Å². The van der Waals surface area contributed by atoms with Crippen molar-refractivity contribution < 1.29 is 0 Å². The second kappa shape index (κ2) is 4.35. The van der Waals surface area contributed by atoms with Crippen molar-refractivity contribution in [3.05, 3.63) is 6.42 Å². The molecule has 0 aromatic rings. The minimum Gasteiger partial charge on any atom is -0.0654 e. The lowest BCUT2D eigenvalue weighted by molar-refractivity contribution is -0.0347. The van der Waals surface area contributed by atoms with Crippen LogP contribution in [0, 0.1) is 29.6 Å². The Balaban J connectivity index is 1.56. The van der Waals surface area contributed by atoms with Crippen molar-refractivity contribution in [1.82, 2.24) is 0 Å². The minimum absolute atomic E-state index is 0.725. The highest BCUT2D eigenvalue weighted by Gasteiger charge is 2.50. The Labute approximate surface area is 101 Å². The van der Waals surface area contributed by atoms with Crippen LogP contribution in [0.1, 0.15) is 71.1 Å². The Morgan fingerprint density at radius 1 is 0.938 bits per heavy atom. The highest BCUT2D eigenvalue weighted by Crippen LogP contribution is 2.61. The minimum atomic E-state index is 0.725. The van der Waals surface area contributed by atoms with Crippen LogP contribution in [0.15, 0.2) is 0 Å². The fraction of sp³-hybridized carbons (Fsp3) is 0.938. The molecule has 0 atom stereocenters. The molecule has 0 heteroatoms. The van der Waals surface area contributed by atoms with Crippen LogP contribution in [-0.2, 0) is 0 Å². The van der Waals surface area contributed by atoms with E-state index in [1.165, 1.54) is 25.7 Å². The van der Waals surface area contributed by atoms with Gasteiger partial charge in [-0.05, 0) is 74.5 Å². The maximum Gasteiger partial charge on any atom is -0.0258 e. The summed E-state index contributed by atoms with van der Waals surface area (Å²) in [5.74, 6) is 3.36. The smallest absolute Gasteiger partial charge is 0.0258 e. The van der Waals surface area contributed by atoms with E-state index in [0.29, 0.717) is 0 Å². The lowest BCUT2D eigenvalue weighted by atomic mass is 9.48. The molecule has 4 aliphatic rings. The zero-order chi connectivity index (χ0) is 11.0. The molecular formula is C16H27. The maximum absolute atomic E-state index is 2.77. The summed E-state index contributed by atoms with van der Waals surface area (Å²) in [5, 5.41) is 0. The van der Waals surface area contributed by atoms with E-state index < -0.39 is 0 Å². The Kier molecular flexibility index (Phi) is 3.02. The van der Waals surface area contributed by atoms with Crippen molar-refractivity contribution in [3.8, 4) is 0 Å². The molecule has 0 aromatic heterocycles. The lowest BCUT2D eigenvalue weighted by Crippen LogP contribution is -2.46. The Hall–Kier alpha value is 0. The standard InChI is InChI=1S/C16H27/c1-2-3-4-5-6-16-10-13-7-14(11-16)9-15(8-13)12-16/h6,13-15H,2-5,7-12H2,1H3. The van der Waals surface area contributed by atoms with Gasteiger partial charge in [0.1, 0.15) is 0 Å². The summed E-state index contributed by atoms with van der Waals surface area (Å²) in [6.45, 7) is 2.31. The summed E-state index contributed by atoms with van der Waals surface area (Å²) in [6.07, 6.45) is 17.9. The molecule has 4 rings (SSSR count). The van der Waals surface area contributed by atoms with Gasteiger partial charge in [0.05, 0.1) is 0 Å². The van der Waals surface area contributed by atoms with E-state index in [2.05, 4.69) is 13.3 Å². The van der Waals surface area contributed by atoms with E-state index >= 15 is 0 Å². The largest absolute Gasteiger partial charge is 0.0654 e. The van der Waals surface area contributed by atoms with E-state index in [1.54, 1.807) is 38.5 Å². The molecule has 0 nitrogen and oxygen atoms in total. The van der Waals surface area contributed by atoms with Crippen molar-refractivity contribution in [2.45, 2.75) is 71.1 Å². The lowest BCUT2D eigenvalue weighted by Gasteiger charge is -2.57. The van der Waals surface area contributed by atoms with E-state index in [1.807, 2.05) is 0 Å². The van der Waals surface area contributed by atoms with E-state index in [9.17, 15) is 0 Å². The summed E-state index contributed by atoms with van der Waals surface area (Å²) in [6, 6.07) is 0. The van der Waals surface area contributed by atoms with Gasteiger partial charge in [-0.25, -0.2) is 0 Å². The van der Waals surface area contributed by atoms with Crippen LogP contribution in [0.5, 0.6) is 0 Å². The highest BCUT2D eigenvalue weighted by molar-refractivity contribution is 5.06. The molecule has 0 heterocycles. The van der Waals surface area contributed by atoms with Crippen LogP contribution < -0.4 is 0 Å². The van der Waals surface area contributed by atoms with Gasteiger partial charge >= 0.3 is 0 Å². The molecule has 0 N–H and O–H groups in total. The molecule has 0 amide bonds. The number of unbranched alkanes of at least 4 members (excludes halogenated alkanes) is 3. The number of rotatable bonds is 5. The molecule has 4 saturated carbocycles. The quantitative estimate of drug-likeness (QED) is 0.572. The van der Waals surface area contributed by atoms with Crippen LogP contribution in [0.25, 0.3) is 0 Å². The molecule has 0 saturated heterocycles. The zero-order valence-electron chi connectivity index (χ0n) is 10.9. The Morgan fingerprint density at radius 3 is 2.00 bits per heavy atom. The number of hydrogen-bond donors (Lipinski definition) is 0. The third-order valence-electron chi connectivity index (χ3n) is 5.47. The van der Waals surface area contributed by atoms with Gasteiger partial charge in [-0.1, -0.05) is 26.2 Å². The molecule has 0 unspecified atom stereocenters. The van der Waals surface area contributed by atoms with Crippen LogP contribution in [0.4, 0.5) is 0 Å². The third-order valence-corrected chi connectivity index (χ3v) is 5.47. The molecule has 4 bridgehead atoms. The highest BCUT2D eigenvalue weighted by atomic mass is 14.5. The summed E-state index contributed by atoms with van der Waals surface area (Å²) in [5.41, 5.74) is 0.725.